The van der Waals surface area contributed by atoms with E-state index in [9.17, 15) is 8.42 Å². The number of hydrogen-bond acceptors (Lipinski definition) is 5. The van der Waals surface area contributed by atoms with Crippen LogP contribution in [0.5, 0.6) is 0 Å². The summed E-state index contributed by atoms with van der Waals surface area (Å²) in [5.74, 6) is 0.724. The molecule has 1 aromatic heterocycles. The molecule has 0 saturated heterocycles. The predicted octanol–water partition coefficient (Wildman–Crippen LogP) is 3.21. The summed E-state index contributed by atoms with van der Waals surface area (Å²) in [7, 11) is -1.45. The average molecular weight is 437 g/mol. The van der Waals surface area contributed by atoms with E-state index in [1.54, 1.807) is 24.5 Å². The van der Waals surface area contributed by atoms with Gasteiger partial charge in [-0.15, -0.1) is 0 Å². The number of rotatable bonds is 9. The molecular formula is C21H32N4O2S2. The van der Waals surface area contributed by atoms with Gasteiger partial charge in [0, 0.05) is 26.4 Å². The van der Waals surface area contributed by atoms with E-state index in [4.69, 9.17) is 0 Å². The summed E-state index contributed by atoms with van der Waals surface area (Å²) in [5.41, 5.74) is 3.08. The van der Waals surface area contributed by atoms with Crippen molar-refractivity contribution < 1.29 is 8.42 Å². The van der Waals surface area contributed by atoms with E-state index in [-0.39, 0.29) is 6.04 Å². The Kier molecular flexibility index (Phi) is 8.67. The molecule has 0 spiro atoms. The summed E-state index contributed by atoms with van der Waals surface area (Å²) in [6, 6.07) is 7.88. The third-order valence-electron chi connectivity index (χ3n) is 4.97. The SMILES string of the molecule is CCN(CC)C(CNC(=NC)NCc1ccc(S(C)(=O)=O)c(C)c1)c1ccsc1. The molecular weight excluding hydrogens is 404 g/mol. The molecule has 0 bridgehead atoms. The normalized spacial score (nSPS) is 13.5. The quantitative estimate of drug-likeness (QED) is 0.466. The maximum Gasteiger partial charge on any atom is 0.191 e. The van der Waals surface area contributed by atoms with Crippen LogP contribution in [0.1, 0.15) is 36.6 Å². The second kappa shape index (κ2) is 10.8. The van der Waals surface area contributed by atoms with Gasteiger partial charge in [0.15, 0.2) is 15.8 Å². The van der Waals surface area contributed by atoms with Crippen LogP contribution in [0, 0.1) is 6.92 Å². The van der Waals surface area contributed by atoms with Crippen LogP contribution < -0.4 is 10.6 Å². The van der Waals surface area contributed by atoms with Crippen LogP contribution in [0.2, 0.25) is 0 Å². The number of benzene rings is 1. The van der Waals surface area contributed by atoms with E-state index in [0.29, 0.717) is 11.4 Å². The largest absolute Gasteiger partial charge is 0.354 e. The van der Waals surface area contributed by atoms with Gasteiger partial charge in [0.05, 0.1) is 10.9 Å². The van der Waals surface area contributed by atoms with Crippen molar-refractivity contribution in [3.05, 3.63) is 51.7 Å². The molecule has 0 aliphatic heterocycles. The van der Waals surface area contributed by atoms with Gasteiger partial charge in [-0.2, -0.15) is 11.3 Å². The highest BCUT2D eigenvalue weighted by molar-refractivity contribution is 7.90. The van der Waals surface area contributed by atoms with Crippen LogP contribution in [-0.4, -0.2) is 52.2 Å². The molecule has 1 unspecified atom stereocenters. The van der Waals surface area contributed by atoms with Gasteiger partial charge in [0.2, 0.25) is 0 Å². The van der Waals surface area contributed by atoms with Crippen molar-refractivity contribution in [2.75, 3.05) is 32.9 Å². The number of nitrogens with zero attached hydrogens (tertiary/aromatic N) is 2. The zero-order valence-electron chi connectivity index (χ0n) is 17.9. The van der Waals surface area contributed by atoms with E-state index in [0.717, 1.165) is 36.7 Å². The highest BCUT2D eigenvalue weighted by atomic mass is 32.2. The smallest absolute Gasteiger partial charge is 0.191 e. The Morgan fingerprint density at radius 3 is 2.45 bits per heavy atom. The van der Waals surface area contributed by atoms with Gasteiger partial charge in [0.1, 0.15) is 0 Å². The molecule has 0 radical (unpaired) electrons. The van der Waals surface area contributed by atoms with Crippen LogP contribution in [0.3, 0.4) is 0 Å². The van der Waals surface area contributed by atoms with Crippen molar-refractivity contribution in [1.29, 1.82) is 0 Å². The number of nitrogens with one attached hydrogen (secondary N) is 2. The molecule has 0 fully saturated rings. The van der Waals surface area contributed by atoms with Gasteiger partial charge < -0.3 is 10.6 Å². The molecule has 2 N–H and O–H groups in total. The van der Waals surface area contributed by atoms with Crippen LogP contribution >= 0.6 is 11.3 Å². The molecule has 29 heavy (non-hydrogen) atoms. The van der Waals surface area contributed by atoms with Crippen molar-refractivity contribution in [3.63, 3.8) is 0 Å². The molecule has 1 heterocycles. The number of sulfone groups is 1. The average Bonchev–Trinajstić information content (AvgIpc) is 3.20. The molecule has 8 heteroatoms. The Morgan fingerprint density at radius 2 is 1.93 bits per heavy atom. The maximum atomic E-state index is 11.8. The summed E-state index contributed by atoms with van der Waals surface area (Å²) in [6.07, 6.45) is 1.23. The Morgan fingerprint density at radius 1 is 1.21 bits per heavy atom. The molecule has 160 valence electrons. The fourth-order valence-corrected chi connectivity index (χ4v) is 5.09. The van der Waals surface area contributed by atoms with Crippen LogP contribution in [-0.2, 0) is 16.4 Å². The lowest BCUT2D eigenvalue weighted by molar-refractivity contribution is 0.219. The highest BCUT2D eigenvalue weighted by Crippen LogP contribution is 2.22. The van der Waals surface area contributed by atoms with Crippen molar-refractivity contribution in [2.24, 2.45) is 4.99 Å². The van der Waals surface area contributed by atoms with Gasteiger partial charge in [0.25, 0.3) is 0 Å². The monoisotopic (exact) mass is 436 g/mol. The fraction of sp³-hybridized carbons (Fsp3) is 0.476. The van der Waals surface area contributed by atoms with Gasteiger partial charge in [-0.1, -0.05) is 26.0 Å². The molecule has 2 rings (SSSR count). The van der Waals surface area contributed by atoms with Crippen LogP contribution in [0.15, 0.2) is 44.9 Å². The van der Waals surface area contributed by atoms with E-state index in [1.807, 2.05) is 19.1 Å². The summed E-state index contributed by atoms with van der Waals surface area (Å²) < 4.78 is 23.6. The number of likely N-dealkylation sites (N-methyl/N-ethyl adjacent to an activating group) is 1. The molecule has 1 atom stereocenters. The lowest BCUT2D eigenvalue weighted by atomic mass is 10.1. The first-order valence-corrected chi connectivity index (χ1v) is 12.6. The summed E-state index contributed by atoms with van der Waals surface area (Å²) in [5, 5.41) is 11.1. The molecule has 2 aromatic rings. The predicted molar refractivity (Wildman–Crippen MR) is 122 cm³/mol. The molecule has 0 aliphatic rings. The number of hydrogen-bond donors (Lipinski definition) is 2. The Labute approximate surface area is 179 Å². The minimum Gasteiger partial charge on any atom is -0.354 e. The Hall–Kier alpha value is -1.90. The van der Waals surface area contributed by atoms with E-state index in [2.05, 4.69) is 51.2 Å². The van der Waals surface area contributed by atoms with Gasteiger partial charge in [-0.25, -0.2) is 8.42 Å². The van der Waals surface area contributed by atoms with E-state index < -0.39 is 9.84 Å². The second-order valence-corrected chi connectivity index (χ2v) is 9.74. The molecule has 0 amide bonds. The number of aryl methyl sites for hydroxylation is 1. The molecule has 0 saturated carbocycles. The topological polar surface area (TPSA) is 73.8 Å². The summed E-state index contributed by atoms with van der Waals surface area (Å²) in [4.78, 5) is 7.13. The maximum absolute atomic E-state index is 11.8. The van der Waals surface area contributed by atoms with Gasteiger partial charge in [-0.3, -0.25) is 9.89 Å². The zero-order valence-corrected chi connectivity index (χ0v) is 19.5. The van der Waals surface area contributed by atoms with Crippen LogP contribution in [0.4, 0.5) is 0 Å². The summed E-state index contributed by atoms with van der Waals surface area (Å²) >= 11 is 1.71. The van der Waals surface area contributed by atoms with Gasteiger partial charge >= 0.3 is 0 Å². The fourth-order valence-electron chi connectivity index (χ4n) is 3.42. The summed E-state index contributed by atoms with van der Waals surface area (Å²) in [6.45, 7) is 9.47. The van der Waals surface area contributed by atoms with E-state index in [1.165, 1.54) is 11.8 Å². The van der Waals surface area contributed by atoms with Crippen molar-refractivity contribution in [2.45, 2.75) is 38.3 Å². The number of guanidine groups is 1. The molecule has 1 aromatic carbocycles. The van der Waals surface area contributed by atoms with Crippen molar-refractivity contribution in [1.82, 2.24) is 15.5 Å². The lowest BCUT2D eigenvalue weighted by Crippen LogP contribution is -2.42. The standard InChI is InChI=1S/C21H32N4O2S2/c1-6-25(7-2)19(18-10-11-28-15-18)14-24-21(22-4)23-13-17-8-9-20(16(3)12-17)29(5,26)27/h8-12,15,19H,6-7,13-14H2,1-5H3,(H2,22,23,24). The van der Waals surface area contributed by atoms with Crippen molar-refractivity contribution >= 4 is 27.1 Å². The zero-order chi connectivity index (χ0) is 21.4. The minimum absolute atomic E-state index is 0.283. The first-order valence-electron chi connectivity index (χ1n) is 9.80. The van der Waals surface area contributed by atoms with Crippen molar-refractivity contribution in [3.8, 4) is 0 Å². The van der Waals surface area contributed by atoms with Crippen LogP contribution in [0.25, 0.3) is 0 Å². The first-order chi connectivity index (χ1) is 13.8. The third-order valence-corrected chi connectivity index (χ3v) is 6.92. The number of aliphatic imine (C=N–C) groups is 1. The van der Waals surface area contributed by atoms with Gasteiger partial charge in [-0.05, 0) is 59.6 Å². The lowest BCUT2D eigenvalue weighted by Gasteiger charge is -2.30. The number of thiophene rings is 1. The Bertz CT molecular complexity index is 905. The first kappa shape index (κ1) is 23.4. The van der Waals surface area contributed by atoms with E-state index >= 15 is 0 Å². The minimum atomic E-state index is -3.20. The molecule has 0 aliphatic carbocycles. The Balaban J connectivity index is 2.01. The second-order valence-electron chi connectivity index (χ2n) is 6.97. The molecule has 6 nitrogen and oxygen atoms in total. The third kappa shape index (κ3) is 6.55. The highest BCUT2D eigenvalue weighted by Gasteiger charge is 2.18.